The molecule has 0 bridgehead atoms. The fraction of sp³-hybridized carbons (Fsp3) is 0.312. The summed E-state index contributed by atoms with van der Waals surface area (Å²) >= 11 is 0. The van der Waals surface area contributed by atoms with Crippen LogP contribution in [0.15, 0.2) is 46.9 Å². The minimum absolute atomic E-state index is 0.0202. The first-order chi connectivity index (χ1) is 11.6. The molecule has 1 aliphatic rings. The summed E-state index contributed by atoms with van der Waals surface area (Å²) in [6, 6.07) is 4.70. The third-order valence-electron chi connectivity index (χ3n) is 3.97. The van der Waals surface area contributed by atoms with Gasteiger partial charge in [0.05, 0.1) is 41.0 Å². The van der Waals surface area contributed by atoms with E-state index < -0.39 is 22.6 Å². The van der Waals surface area contributed by atoms with Crippen LogP contribution in [0.4, 0.5) is 18.9 Å². The van der Waals surface area contributed by atoms with Gasteiger partial charge >= 0.3 is 12.1 Å². The van der Waals surface area contributed by atoms with Crippen molar-refractivity contribution < 1.29 is 27.6 Å². The van der Waals surface area contributed by atoms with E-state index in [9.17, 15) is 28.1 Å². The number of halogens is 3. The SMILES string of the molecule is COC(=O)C1=C(C)N(c2ccccc2C(F)(F)F)C(C)=C([N+](=O)[O-])C1. The van der Waals surface area contributed by atoms with Gasteiger partial charge in [-0.25, -0.2) is 4.79 Å². The summed E-state index contributed by atoms with van der Waals surface area (Å²) < 4.78 is 44.7. The number of rotatable bonds is 3. The molecule has 0 unspecified atom stereocenters. The zero-order valence-corrected chi connectivity index (χ0v) is 13.7. The molecule has 0 spiro atoms. The molecule has 6 nitrogen and oxygen atoms in total. The second-order valence-electron chi connectivity index (χ2n) is 5.37. The number of esters is 1. The molecule has 0 aliphatic carbocycles. The number of alkyl halides is 3. The van der Waals surface area contributed by atoms with Crippen molar-refractivity contribution in [1.29, 1.82) is 0 Å². The van der Waals surface area contributed by atoms with Crippen molar-refractivity contribution >= 4 is 11.7 Å². The number of carbonyl (C=O) groups excluding carboxylic acids is 1. The fourth-order valence-electron chi connectivity index (χ4n) is 2.75. The summed E-state index contributed by atoms with van der Waals surface area (Å²) in [7, 11) is 1.10. The predicted octanol–water partition coefficient (Wildman–Crippen LogP) is 3.87. The van der Waals surface area contributed by atoms with Crippen LogP contribution < -0.4 is 4.90 Å². The molecule has 0 saturated heterocycles. The van der Waals surface area contributed by atoms with Crippen LogP contribution in [0.3, 0.4) is 0 Å². The number of nitrogens with zero attached hydrogens (tertiary/aromatic N) is 2. The molecule has 134 valence electrons. The molecule has 2 rings (SSSR count). The largest absolute Gasteiger partial charge is 0.466 e. The highest BCUT2D eigenvalue weighted by molar-refractivity contribution is 5.91. The van der Waals surface area contributed by atoms with Crippen molar-refractivity contribution in [1.82, 2.24) is 0 Å². The highest BCUT2D eigenvalue weighted by Crippen LogP contribution is 2.42. The van der Waals surface area contributed by atoms with Gasteiger partial charge in [0.1, 0.15) is 0 Å². The average Bonchev–Trinajstić information content (AvgIpc) is 2.53. The first kappa shape index (κ1) is 18.5. The molecule has 0 N–H and O–H groups in total. The number of nitro groups is 1. The fourth-order valence-corrected chi connectivity index (χ4v) is 2.75. The zero-order valence-electron chi connectivity index (χ0n) is 13.7. The topological polar surface area (TPSA) is 72.7 Å². The standard InChI is InChI=1S/C16H15F3N2O4/c1-9-11(15(22)25-3)8-14(21(23)24)10(2)20(9)13-7-5-4-6-12(13)16(17,18)19/h4-7H,8H2,1-3H3. The van der Waals surface area contributed by atoms with Gasteiger partial charge in [-0.05, 0) is 26.0 Å². The molecule has 9 heteroatoms. The number of methoxy groups -OCH3 is 1. The molecular weight excluding hydrogens is 341 g/mol. The van der Waals surface area contributed by atoms with Crippen LogP contribution in [0.2, 0.25) is 0 Å². The van der Waals surface area contributed by atoms with E-state index in [1.807, 2.05) is 0 Å². The highest BCUT2D eigenvalue weighted by Gasteiger charge is 2.39. The Morgan fingerprint density at radius 1 is 1.24 bits per heavy atom. The summed E-state index contributed by atoms with van der Waals surface area (Å²) in [4.78, 5) is 23.6. The van der Waals surface area contributed by atoms with Gasteiger partial charge in [0, 0.05) is 5.70 Å². The number of hydrogen-bond acceptors (Lipinski definition) is 5. The Morgan fingerprint density at radius 3 is 2.36 bits per heavy atom. The molecular formula is C16H15F3N2O4. The van der Waals surface area contributed by atoms with Gasteiger partial charge in [0.15, 0.2) is 0 Å². The Labute approximate surface area is 141 Å². The highest BCUT2D eigenvalue weighted by atomic mass is 19.4. The van der Waals surface area contributed by atoms with Gasteiger partial charge in [-0.3, -0.25) is 10.1 Å². The van der Waals surface area contributed by atoms with Gasteiger partial charge in [-0.2, -0.15) is 13.2 Å². The number of para-hydroxylation sites is 1. The summed E-state index contributed by atoms with van der Waals surface area (Å²) in [5.41, 5.74) is -1.48. The molecule has 25 heavy (non-hydrogen) atoms. The molecule has 0 fully saturated rings. The molecule has 0 saturated carbocycles. The molecule has 1 aliphatic heterocycles. The minimum Gasteiger partial charge on any atom is -0.466 e. The molecule has 1 aromatic rings. The van der Waals surface area contributed by atoms with Gasteiger partial charge in [-0.1, -0.05) is 12.1 Å². The number of benzene rings is 1. The lowest BCUT2D eigenvalue weighted by Gasteiger charge is -2.32. The maximum Gasteiger partial charge on any atom is 0.418 e. The Bertz CT molecular complexity index is 797. The van der Waals surface area contributed by atoms with Gasteiger partial charge in [0.25, 0.3) is 5.70 Å². The van der Waals surface area contributed by atoms with Crippen molar-refractivity contribution in [3.8, 4) is 0 Å². The van der Waals surface area contributed by atoms with Crippen LogP contribution in [-0.2, 0) is 15.7 Å². The monoisotopic (exact) mass is 356 g/mol. The van der Waals surface area contributed by atoms with E-state index in [4.69, 9.17) is 0 Å². The normalized spacial score (nSPS) is 15.5. The number of ether oxygens (including phenoxy) is 1. The first-order valence-electron chi connectivity index (χ1n) is 7.18. The molecule has 0 atom stereocenters. The lowest BCUT2D eigenvalue weighted by Crippen LogP contribution is -2.31. The predicted molar refractivity (Wildman–Crippen MR) is 83.0 cm³/mol. The third-order valence-corrected chi connectivity index (χ3v) is 3.97. The molecule has 0 amide bonds. The summed E-state index contributed by atoms with van der Waals surface area (Å²) in [5, 5.41) is 11.3. The van der Waals surface area contributed by atoms with Crippen molar-refractivity contribution in [2.75, 3.05) is 12.0 Å². The van der Waals surface area contributed by atoms with Crippen LogP contribution in [0.5, 0.6) is 0 Å². The van der Waals surface area contributed by atoms with Crippen molar-refractivity contribution in [2.45, 2.75) is 26.4 Å². The average molecular weight is 356 g/mol. The number of hydrogen-bond donors (Lipinski definition) is 0. The van der Waals surface area contributed by atoms with E-state index >= 15 is 0 Å². The van der Waals surface area contributed by atoms with E-state index in [-0.39, 0.29) is 34.8 Å². The molecule has 1 aromatic carbocycles. The summed E-state index contributed by atoms with van der Waals surface area (Å²) in [6.07, 6.45) is -4.98. The number of anilines is 1. The second kappa shape index (κ2) is 6.58. The van der Waals surface area contributed by atoms with Crippen LogP contribution in [0.1, 0.15) is 25.8 Å². The van der Waals surface area contributed by atoms with E-state index in [1.165, 1.54) is 32.0 Å². The lowest BCUT2D eigenvalue weighted by molar-refractivity contribution is -0.428. The smallest absolute Gasteiger partial charge is 0.418 e. The van der Waals surface area contributed by atoms with Crippen LogP contribution >= 0.6 is 0 Å². The quantitative estimate of drug-likeness (QED) is 0.467. The zero-order chi connectivity index (χ0) is 18.9. The van der Waals surface area contributed by atoms with Crippen molar-refractivity contribution in [2.24, 2.45) is 0 Å². The number of carbonyl (C=O) groups is 1. The van der Waals surface area contributed by atoms with E-state index in [0.717, 1.165) is 18.1 Å². The number of allylic oxidation sites excluding steroid dienone is 3. The summed E-state index contributed by atoms with van der Waals surface area (Å²) in [6.45, 7) is 2.78. The summed E-state index contributed by atoms with van der Waals surface area (Å²) in [5.74, 6) is -0.821. The van der Waals surface area contributed by atoms with Crippen molar-refractivity contribution in [3.63, 3.8) is 0 Å². The Morgan fingerprint density at radius 2 is 1.84 bits per heavy atom. The van der Waals surface area contributed by atoms with Gasteiger partial charge in [0.2, 0.25) is 0 Å². The van der Waals surface area contributed by atoms with E-state index in [0.29, 0.717) is 0 Å². The third kappa shape index (κ3) is 3.35. The van der Waals surface area contributed by atoms with E-state index in [2.05, 4.69) is 4.74 Å². The second-order valence-corrected chi connectivity index (χ2v) is 5.37. The molecule has 1 heterocycles. The Hall–Kier alpha value is -2.84. The maximum atomic E-state index is 13.4. The Balaban J connectivity index is 2.76. The van der Waals surface area contributed by atoms with Gasteiger partial charge < -0.3 is 9.64 Å². The first-order valence-corrected chi connectivity index (χ1v) is 7.18. The maximum absolute atomic E-state index is 13.4. The van der Waals surface area contributed by atoms with Crippen LogP contribution in [0.25, 0.3) is 0 Å². The van der Waals surface area contributed by atoms with E-state index in [1.54, 1.807) is 0 Å². The Kier molecular flexibility index (Phi) is 4.87. The molecule has 0 aromatic heterocycles. The van der Waals surface area contributed by atoms with Crippen LogP contribution in [0, 0.1) is 10.1 Å². The minimum atomic E-state index is -4.66. The van der Waals surface area contributed by atoms with Crippen LogP contribution in [-0.4, -0.2) is 18.0 Å². The van der Waals surface area contributed by atoms with Gasteiger partial charge in [-0.15, -0.1) is 0 Å². The lowest BCUT2D eigenvalue weighted by atomic mass is 9.99. The van der Waals surface area contributed by atoms with Crippen molar-refractivity contribution in [3.05, 3.63) is 62.6 Å². The molecule has 0 radical (unpaired) electrons.